The number of carbonyl (C=O) groups is 3. The smallest absolute Gasteiger partial charge is 0.373 e. The Labute approximate surface area is 102 Å². The van der Waals surface area contributed by atoms with E-state index in [4.69, 9.17) is 14.9 Å². The molecule has 0 atom stereocenters. The topological polar surface area (TPSA) is 121 Å². The van der Waals surface area contributed by atoms with Gasteiger partial charge in [0, 0.05) is 0 Å². The number of benzene rings is 1. The largest absolute Gasteiger partial charge is 0.478 e. The standard InChI is InChI=1S/C10H9O7P/c11-5-18(15,16)6-17-10(14)8-3-1-7(2-4-8)9(12)13/h1-5,15-16H,6H2/p+1. The molecule has 0 aliphatic rings. The molecule has 0 bridgehead atoms. The molecule has 8 heteroatoms. The quantitative estimate of drug-likeness (QED) is 0.406. The van der Waals surface area contributed by atoms with E-state index in [0.717, 1.165) is 0 Å². The van der Waals surface area contributed by atoms with Gasteiger partial charge < -0.3 is 9.84 Å². The van der Waals surface area contributed by atoms with Crippen molar-refractivity contribution in [3.05, 3.63) is 35.4 Å². The summed E-state index contributed by atoms with van der Waals surface area (Å²) in [6, 6.07) is 4.80. The van der Waals surface area contributed by atoms with Gasteiger partial charge in [-0.25, -0.2) is 19.4 Å². The normalized spacial score (nSPS) is 10.8. The van der Waals surface area contributed by atoms with Gasteiger partial charge in [0.25, 0.3) is 6.35 Å². The van der Waals surface area contributed by atoms with Crippen molar-refractivity contribution >= 4 is 25.7 Å². The molecule has 1 aromatic carbocycles. The molecule has 0 fully saturated rings. The fraction of sp³-hybridized carbons (Fsp3) is 0.100. The van der Waals surface area contributed by atoms with Crippen molar-refractivity contribution in [2.45, 2.75) is 0 Å². The lowest BCUT2D eigenvalue weighted by Gasteiger charge is -2.06. The Balaban J connectivity index is 2.68. The molecule has 0 unspecified atom stereocenters. The molecule has 1 aromatic rings. The van der Waals surface area contributed by atoms with E-state index in [0.29, 0.717) is 0 Å². The number of hydrogen-bond acceptors (Lipinski definition) is 6. The average Bonchev–Trinajstić information content (AvgIpc) is 2.36. The van der Waals surface area contributed by atoms with Crippen LogP contribution < -0.4 is 0 Å². The third kappa shape index (κ3) is 3.89. The van der Waals surface area contributed by atoms with Crippen LogP contribution in [0.5, 0.6) is 0 Å². The first-order valence-electron chi connectivity index (χ1n) is 4.66. The molecule has 0 saturated heterocycles. The summed E-state index contributed by atoms with van der Waals surface area (Å²) in [7, 11) is -3.84. The second-order valence-electron chi connectivity index (χ2n) is 3.33. The van der Waals surface area contributed by atoms with Crippen LogP contribution in [-0.4, -0.2) is 39.2 Å². The fourth-order valence-corrected chi connectivity index (χ4v) is 1.38. The number of carboxylic acids is 1. The summed E-state index contributed by atoms with van der Waals surface area (Å²) in [6.07, 6.45) is -0.796. The highest BCUT2D eigenvalue weighted by Crippen LogP contribution is 2.45. The van der Waals surface area contributed by atoms with E-state index in [9.17, 15) is 14.4 Å². The zero-order valence-electron chi connectivity index (χ0n) is 9.02. The first-order chi connectivity index (χ1) is 8.35. The monoisotopic (exact) mass is 273 g/mol. The number of carbonyl (C=O) groups excluding carboxylic acids is 2. The minimum absolute atomic E-state index is 0.00519. The molecule has 0 heterocycles. The van der Waals surface area contributed by atoms with Crippen LogP contribution in [-0.2, 0) is 9.53 Å². The van der Waals surface area contributed by atoms with Gasteiger partial charge in [0.2, 0.25) is 0 Å². The van der Waals surface area contributed by atoms with Crippen LogP contribution in [0.2, 0.25) is 0 Å². The molecule has 3 N–H and O–H groups in total. The maximum Gasteiger partial charge on any atom is 0.373 e. The second kappa shape index (κ2) is 5.68. The van der Waals surface area contributed by atoms with E-state index in [-0.39, 0.29) is 17.2 Å². The summed E-state index contributed by atoms with van der Waals surface area (Å²) in [5.41, 5.74) is 0.0523. The van der Waals surface area contributed by atoms with Gasteiger partial charge in [-0.1, -0.05) is 0 Å². The van der Waals surface area contributed by atoms with Gasteiger partial charge in [0.05, 0.1) is 11.1 Å². The lowest BCUT2D eigenvalue weighted by atomic mass is 10.1. The first-order valence-corrected chi connectivity index (χ1v) is 6.61. The van der Waals surface area contributed by atoms with Crippen molar-refractivity contribution in [3.8, 4) is 0 Å². The average molecular weight is 273 g/mol. The molecular formula is C10H10O7P+. The molecule has 0 aliphatic carbocycles. The third-order valence-electron chi connectivity index (χ3n) is 1.92. The van der Waals surface area contributed by atoms with Gasteiger partial charge in [-0.3, -0.25) is 4.79 Å². The molecule has 0 aliphatic heterocycles. The van der Waals surface area contributed by atoms with Gasteiger partial charge in [0.1, 0.15) is 0 Å². The van der Waals surface area contributed by atoms with Crippen LogP contribution in [0.25, 0.3) is 0 Å². The third-order valence-corrected chi connectivity index (χ3v) is 2.77. The van der Waals surface area contributed by atoms with Gasteiger partial charge in [-0.05, 0) is 24.3 Å². The lowest BCUT2D eigenvalue weighted by Crippen LogP contribution is -2.10. The highest BCUT2D eigenvalue weighted by molar-refractivity contribution is 7.78. The molecule has 0 amide bonds. The summed E-state index contributed by atoms with van der Waals surface area (Å²) >= 11 is 0. The minimum Gasteiger partial charge on any atom is -0.478 e. The van der Waals surface area contributed by atoms with Crippen LogP contribution in [0.1, 0.15) is 20.7 Å². The summed E-state index contributed by atoms with van der Waals surface area (Å²) < 4.78 is 4.52. The van der Waals surface area contributed by atoms with Crippen molar-refractivity contribution in [3.63, 3.8) is 0 Å². The Morgan fingerprint density at radius 3 is 2.11 bits per heavy atom. The molecule has 0 aromatic heterocycles. The number of hydrogen-bond donors (Lipinski definition) is 3. The maximum absolute atomic E-state index is 11.4. The number of carboxylic acid groups (broad SMARTS) is 1. The predicted molar refractivity (Wildman–Crippen MR) is 61.8 cm³/mol. The Hall–Kier alpha value is -1.82. The van der Waals surface area contributed by atoms with Crippen LogP contribution in [0.15, 0.2) is 24.3 Å². The molecule has 18 heavy (non-hydrogen) atoms. The maximum atomic E-state index is 11.4. The van der Waals surface area contributed by atoms with Crippen LogP contribution >= 0.6 is 7.72 Å². The fourth-order valence-electron chi connectivity index (χ4n) is 1.02. The van der Waals surface area contributed by atoms with Crippen LogP contribution in [0.3, 0.4) is 0 Å². The van der Waals surface area contributed by atoms with Crippen molar-refractivity contribution in [2.75, 3.05) is 6.35 Å². The Morgan fingerprint density at radius 1 is 1.17 bits per heavy atom. The van der Waals surface area contributed by atoms with Crippen molar-refractivity contribution < 1.29 is 34.0 Å². The van der Waals surface area contributed by atoms with Gasteiger partial charge in [-0.15, -0.1) is 0 Å². The Morgan fingerprint density at radius 2 is 1.67 bits per heavy atom. The van der Waals surface area contributed by atoms with E-state index in [1.807, 2.05) is 0 Å². The number of aromatic carboxylic acids is 1. The first kappa shape index (κ1) is 14.2. The van der Waals surface area contributed by atoms with E-state index in [2.05, 4.69) is 4.74 Å². The highest BCUT2D eigenvalue weighted by Gasteiger charge is 2.35. The lowest BCUT2D eigenvalue weighted by molar-refractivity contribution is 0.0557. The summed E-state index contributed by atoms with van der Waals surface area (Å²) in [4.78, 5) is 50.1. The summed E-state index contributed by atoms with van der Waals surface area (Å²) in [5, 5.41) is 8.64. The second-order valence-corrected chi connectivity index (χ2v) is 5.38. The summed E-state index contributed by atoms with van der Waals surface area (Å²) in [6.45, 7) is 0. The van der Waals surface area contributed by atoms with E-state index < -0.39 is 26.0 Å². The summed E-state index contributed by atoms with van der Waals surface area (Å²) in [5.74, 6) is -2.01. The number of rotatable bonds is 5. The molecule has 96 valence electrons. The zero-order valence-corrected chi connectivity index (χ0v) is 9.91. The Bertz CT molecular complexity index is 466. The highest BCUT2D eigenvalue weighted by atomic mass is 31.2. The van der Waals surface area contributed by atoms with Crippen molar-refractivity contribution in [2.24, 2.45) is 0 Å². The number of ether oxygens (including phenoxy) is 1. The van der Waals surface area contributed by atoms with Gasteiger partial charge >= 0.3 is 25.7 Å². The van der Waals surface area contributed by atoms with Crippen molar-refractivity contribution in [1.29, 1.82) is 0 Å². The minimum atomic E-state index is -3.84. The molecular weight excluding hydrogens is 263 g/mol. The zero-order chi connectivity index (χ0) is 13.8. The van der Waals surface area contributed by atoms with Crippen molar-refractivity contribution in [1.82, 2.24) is 0 Å². The SMILES string of the molecule is O=C[P+](O)(O)COC(=O)c1ccc(C(=O)O)cc1. The molecule has 0 saturated carbocycles. The molecule has 7 nitrogen and oxygen atoms in total. The van der Waals surface area contributed by atoms with Crippen LogP contribution in [0.4, 0.5) is 0 Å². The predicted octanol–water partition coefficient (Wildman–Crippen LogP) is 0.522. The van der Waals surface area contributed by atoms with Gasteiger partial charge in [-0.2, -0.15) is 0 Å². The Kier molecular flexibility index (Phi) is 4.49. The van der Waals surface area contributed by atoms with E-state index >= 15 is 0 Å². The molecule has 1 rings (SSSR count). The van der Waals surface area contributed by atoms with Gasteiger partial charge in [0.15, 0.2) is 0 Å². The molecule has 0 spiro atoms. The number of esters is 1. The van der Waals surface area contributed by atoms with E-state index in [1.54, 1.807) is 0 Å². The van der Waals surface area contributed by atoms with Crippen LogP contribution in [0, 0.1) is 0 Å². The molecule has 0 radical (unpaired) electrons. The van der Waals surface area contributed by atoms with E-state index in [1.165, 1.54) is 24.3 Å².